The molecule has 0 aliphatic rings. The lowest BCUT2D eigenvalue weighted by Gasteiger charge is -2.06. The summed E-state index contributed by atoms with van der Waals surface area (Å²) in [7, 11) is 0. The molecule has 1 aromatic carbocycles. The number of nitro benzene ring substituents is 1. The molecule has 0 radical (unpaired) electrons. The second-order valence-corrected chi connectivity index (χ2v) is 5.75. The summed E-state index contributed by atoms with van der Waals surface area (Å²) in [6.07, 6.45) is 3.75. The number of aromatic amines is 1. The normalized spacial score (nSPS) is 10.8. The van der Waals surface area contributed by atoms with Crippen LogP contribution in [0, 0.1) is 17.0 Å². The predicted molar refractivity (Wildman–Crippen MR) is 84.1 cm³/mol. The summed E-state index contributed by atoms with van der Waals surface area (Å²) in [5.74, 6) is 0. The number of nitro groups is 1. The molecule has 21 heavy (non-hydrogen) atoms. The third-order valence-corrected chi connectivity index (χ3v) is 3.79. The smallest absolute Gasteiger partial charge is 0.275 e. The number of rotatable bonds is 7. The van der Waals surface area contributed by atoms with E-state index in [9.17, 15) is 10.1 Å². The minimum atomic E-state index is -0.351. The molecule has 0 saturated heterocycles. The Morgan fingerprint density at radius 2 is 2.24 bits per heavy atom. The van der Waals surface area contributed by atoms with Crippen LogP contribution in [0.25, 0.3) is 0 Å². The van der Waals surface area contributed by atoms with Gasteiger partial charge < -0.3 is 5.32 Å². The van der Waals surface area contributed by atoms with E-state index < -0.39 is 0 Å². The largest absolute Gasteiger partial charge is 0.312 e. The van der Waals surface area contributed by atoms with Gasteiger partial charge in [-0.05, 0) is 44.0 Å². The topological polar surface area (TPSA) is 83.8 Å². The number of H-pyrrole nitrogens is 1. The lowest BCUT2D eigenvalue weighted by atomic mass is 10.1. The number of nitrogens with one attached hydrogen (secondary N) is 2. The zero-order valence-electron chi connectivity index (χ0n) is 11.7. The zero-order valence-corrected chi connectivity index (χ0v) is 13.3. The van der Waals surface area contributed by atoms with Crippen LogP contribution in [0.2, 0.25) is 0 Å². The first-order chi connectivity index (χ1) is 10.1. The predicted octanol–water partition coefficient (Wildman–Crippen LogP) is 3.11. The Morgan fingerprint density at radius 3 is 2.90 bits per heavy atom. The van der Waals surface area contributed by atoms with Gasteiger partial charge in [-0.25, -0.2) is 0 Å². The van der Waals surface area contributed by atoms with Crippen LogP contribution in [0.3, 0.4) is 0 Å². The molecule has 112 valence electrons. The highest BCUT2D eigenvalue weighted by Crippen LogP contribution is 2.23. The fourth-order valence-corrected chi connectivity index (χ4v) is 2.46. The minimum absolute atomic E-state index is 0.141. The number of halogens is 1. The molecule has 1 heterocycles. The third kappa shape index (κ3) is 4.37. The maximum absolute atomic E-state index is 11.0. The molecule has 0 aliphatic carbocycles. The SMILES string of the molecule is Cc1[nH]ncc1CCCNCc1ccc(Br)cc1[N+](=O)[O-]. The monoisotopic (exact) mass is 352 g/mol. The van der Waals surface area contributed by atoms with E-state index in [1.165, 1.54) is 11.6 Å². The number of benzene rings is 1. The van der Waals surface area contributed by atoms with Gasteiger partial charge in [0.1, 0.15) is 0 Å². The standard InChI is InChI=1S/C14H17BrN4O2/c1-10-11(9-17-18-10)3-2-6-16-8-12-4-5-13(15)7-14(12)19(20)21/h4-5,7,9,16H,2-3,6,8H2,1H3,(H,17,18). The highest BCUT2D eigenvalue weighted by Gasteiger charge is 2.13. The van der Waals surface area contributed by atoms with Crippen molar-refractivity contribution in [1.82, 2.24) is 15.5 Å². The van der Waals surface area contributed by atoms with Crippen molar-refractivity contribution in [3.05, 3.63) is 55.8 Å². The fourth-order valence-electron chi connectivity index (χ4n) is 2.11. The van der Waals surface area contributed by atoms with Crippen LogP contribution < -0.4 is 5.32 Å². The molecule has 0 amide bonds. The maximum Gasteiger partial charge on any atom is 0.275 e. The van der Waals surface area contributed by atoms with Gasteiger partial charge >= 0.3 is 0 Å². The van der Waals surface area contributed by atoms with E-state index >= 15 is 0 Å². The van der Waals surface area contributed by atoms with Crippen molar-refractivity contribution in [3.8, 4) is 0 Å². The molecule has 2 rings (SSSR count). The van der Waals surface area contributed by atoms with Gasteiger partial charge in [0.25, 0.3) is 5.69 Å². The van der Waals surface area contributed by atoms with Crippen LogP contribution in [-0.2, 0) is 13.0 Å². The molecule has 0 spiro atoms. The Kier molecular flexibility index (Phi) is 5.46. The number of aromatic nitrogens is 2. The molecule has 0 unspecified atom stereocenters. The van der Waals surface area contributed by atoms with Gasteiger partial charge in [0.05, 0.1) is 11.1 Å². The summed E-state index contributed by atoms with van der Waals surface area (Å²) in [5, 5.41) is 21.1. The highest BCUT2D eigenvalue weighted by molar-refractivity contribution is 9.10. The van der Waals surface area contributed by atoms with E-state index in [2.05, 4.69) is 31.4 Å². The number of nitrogens with zero attached hydrogens (tertiary/aromatic N) is 2. The molecule has 0 aliphatic heterocycles. The average molecular weight is 353 g/mol. The van der Waals surface area contributed by atoms with Crippen LogP contribution >= 0.6 is 15.9 Å². The number of hydrogen-bond donors (Lipinski definition) is 2. The molecular weight excluding hydrogens is 336 g/mol. The van der Waals surface area contributed by atoms with E-state index in [-0.39, 0.29) is 10.6 Å². The van der Waals surface area contributed by atoms with Crippen LogP contribution in [0.15, 0.2) is 28.9 Å². The van der Waals surface area contributed by atoms with Gasteiger partial charge in [-0.1, -0.05) is 15.9 Å². The molecule has 0 atom stereocenters. The Balaban J connectivity index is 1.81. The Hall–Kier alpha value is -1.73. The molecule has 0 fully saturated rings. The number of aryl methyl sites for hydroxylation is 2. The maximum atomic E-state index is 11.0. The summed E-state index contributed by atoms with van der Waals surface area (Å²) in [6.45, 7) is 3.30. The first-order valence-electron chi connectivity index (χ1n) is 6.70. The second kappa shape index (κ2) is 7.33. The first kappa shape index (κ1) is 15.7. The molecule has 6 nitrogen and oxygen atoms in total. The third-order valence-electron chi connectivity index (χ3n) is 3.29. The minimum Gasteiger partial charge on any atom is -0.312 e. The van der Waals surface area contributed by atoms with E-state index in [0.29, 0.717) is 16.6 Å². The van der Waals surface area contributed by atoms with E-state index in [1.54, 1.807) is 6.07 Å². The molecule has 0 saturated carbocycles. The van der Waals surface area contributed by atoms with Gasteiger partial charge in [-0.3, -0.25) is 15.2 Å². The van der Waals surface area contributed by atoms with Crippen molar-refractivity contribution in [3.63, 3.8) is 0 Å². The van der Waals surface area contributed by atoms with Gasteiger partial charge in [0.15, 0.2) is 0 Å². The second-order valence-electron chi connectivity index (χ2n) is 4.83. The zero-order chi connectivity index (χ0) is 15.2. The van der Waals surface area contributed by atoms with Crippen LogP contribution in [0.1, 0.15) is 23.2 Å². The molecular formula is C14H17BrN4O2. The van der Waals surface area contributed by atoms with Crippen molar-refractivity contribution in [2.45, 2.75) is 26.3 Å². The summed E-state index contributed by atoms with van der Waals surface area (Å²) < 4.78 is 0.716. The summed E-state index contributed by atoms with van der Waals surface area (Å²) in [6, 6.07) is 5.13. The van der Waals surface area contributed by atoms with Crippen molar-refractivity contribution >= 4 is 21.6 Å². The average Bonchev–Trinajstić information content (AvgIpc) is 2.85. The summed E-state index contributed by atoms with van der Waals surface area (Å²) >= 11 is 3.25. The number of hydrogen-bond acceptors (Lipinski definition) is 4. The van der Waals surface area contributed by atoms with Gasteiger partial charge in [-0.2, -0.15) is 5.10 Å². The Morgan fingerprint density at radius 1 is 1.43 bits per heavy atom. The van der Waals surface area contributed by atoms with Crippen LogP contribution in [-0.4, -0.2) is 21.7 Å². The lowest BCUT2D eigenvalue weighted by molar-refractivity contribution is -0.385. The van der Waals surface area contributed by atoms with Gasteiger partial charge in [0, 0.05) is 28.3 Å². The Labute approximate surface area is 131 Å². The summed E-state index contributed by atoms with van der Waals surface area (Å²) in [4.78, 5) is 10.7. The molecule has 1 aromatic heterocycles. The fraction of sp³-hybridized carbons (Fsp3) is 0.357. The lowest BCUT2D eigenvalue weighted by Crippen LogP contribution is -2.16. The van der Waals surface area contributed by atoms with E-state index in [4.69, 9.17) is 0 Å². The Bertz CT molecular complexity index is 627. The molecule has 2 N–H and O–H groups in total. The summed E-state index contributed by atoms with van der Waals surface area (Å²) in [5.41, 5.74) is 3.15. The van der Waals surface area contributed by atoms with Crippen LogP contribution in [0.4, 0.5) is 5.69 Å². The van der Waals surface area contributed by atoms with Crippen molar-refractivity contribution in [2.75, 3.05) is 6.54 Å². The van der Waals surface area contributed by atoms with Crippen molar-refractivity contribution < 1.29 is 4.92 Å². The van der Waals surface area contributed by atoms with Gasteiger partial charge in [-0.15, -0.1) is 0 Å². The van der Waals surface area contributed by atoms with E-state index in [1.807, 2.05) is 19.2 Å². The van der Waals surface area contributed by atoms with Crippen molar-refractivity contribution in [2.24, 2.45) is 0 Å². The highest BCUT2D eigenvalue weighted by atomic mass is 79.9. The first-order valence-corrected chi connectivity index (χ1v) is 7.49. The van der Waals surface area contributed by atoms with E-state index in [0.717, 1.165) is 25.1 Å². The van der Waals surface area contributed by atoms with Crippen molar-refractivity contribution in [1.29, 1.82) is 0 Å². The molecule has 2 aromatic rings. The van der Waals surface area contributed by atoms with Crippen LogP contribution in [0.5, 0.6) is 0 Å². The molecule has 0 bridgehead atoms. The quantitative estimate of drug-likeness (QED) is 0.455. The van der Waals surface area contributed by atoms with Gasteiger partial charge in [0.2, 0.25) is 0 Å². The molecule has 7 heteroatoms.